The third-order valence-electron chi connectivity index (χ3n) is 4.21. The molecule has 2 aromatic heterocycles. The third-order valence-corrected chi connectivity index (χ3v) is 5.31. The Bertz CT molecular complexity index is 869. The number of para-hydroxylation sites is 1. The zero-order chi connectivity index (χ0) is 16.0. The van der Waals surface area contributed by atoms with Gasteiger partial charge in [-0.2, -0.15) is 5.10 Å². The average Bonchev–Trinajstić information content (AvgIpc) is 3.25. The van der Waals surface area contributed by atoms with Crippen LogP contribution in [0, 0.1) is 6.92 Å². The van der Waals surface area contributed by atoms with Crippen molar-refractivity contribution in [1.29, 1.82) is 0 Å². The molecular weight excluding hydrogens is 310 g/mol. The first-order valence-electron chi connectivity index (χ1n) is 7.65. The van der Waals surface area contributed by atoms with Gasteiger partial charge in [-0.05, 0) is 31.5 Å². The highest BCUT2D eigenvalue weighted by Gasteiger charge is 2.27. The standard InChI is InChI=1S/C17H17N3O2S/c1-11-14-9-15(16(22)19-8-7-13(21)10-19)23-17(14)20(18-11)12-5-3-2-4-6-12/h2-6,9,13,21H,7-8,10H2,1H3/t13-/m1/s1. The number of amides is 1. The number of carbonyl (C=O) groups excluding carboxylic acids is 1. The largest absolute Gasteiger partial charge is 0.391 e. The first kappa shape index (κ1) is 14.4. The van der Waals surface area contributed by atoms with Crippen LogP contribution in [0.1, 0.15) is 21.8 Å². The summed E-state index contributed by atoms with van der Waals surface area (Å²) in [7, 11) is 0. The molecule has 5 nitrogen and oxygen atoms in total. The number of aliphatic hydroxyl groups is 1. The van der Waals surface area contributed by atoms with E-state index in [2.05, 4.69) is 5.10 Å². The van der Waals surface area contributed by atoms with Crippen molar-refractivity contribution >= 4 is 27.5 Å². The van der Waals surface area contributed by atoms with Crippen LogP contribution in [0.25, 0.3) is 15.9 Å². The molecule has 1 fully saturated rings. The molecule has 3 aromatic rings. The monoisotopic (exact) mass is 327 g/mol. The van der Waals surface area contributed by atoms with Crippen LogP contribution in [0.15, 0.2) is 36.4 Å². The summed E-state index contributed by atoms with van der Waals surface area (Å²) >= 11 is 1.46. The molecule has 0 aliphatic carbocycles. The second-order valence-electron chi connectivity index (χ2n) is 5.86. The van der Waals surface area contributed by atoms with Crippen molar-refractivity contribution in [1.82, 2.24) is 14.7 Å². The second kappa shape index (κ2) is 5.47. The van der Waals surface area contributed by atoms with E-state index in [-0.39, 0.29) is 5.91 Å². The minimum atomic E-state index is -0.394. The van der Waals surface area contributed by atoms with Gasteiger partial charge in [0.05, 0.1) is 22.4 Å². The molecule has 4 rings (SSSR count). The van der Waals surface area contributed by atoms with E-state index in [1.807, 2.05) is 48.0 Å². The number of aromatic nitrogens is 2. The molecule has 1 aliphatic rings. The van der Waals surface area contributed by atoms with Gasteiger partial charge in [-0.1, -0.05) is 18.2 Å². The molecule has 6 heteroatoms. The van der Waals surface area contributed by atoms with Crippen LogP contribution in [-0.2, 0) is 0 Å². The Balaban J connectivity index is 1.75. The number of β-amino-alcohol motifs (C(OH)–C–C–N with tert-alkyl or cyclic N) is 1. The fourth-order valence-electron chi connectivity index (χ4n) is 2.98. The minimum absolute atomic E-state index is 0.00163. The van der Waals surface area contributed by atoms with Crippen molar-refractivity contribution in [2.45, 2.75) is 19.4 Å². The first-order valence-corrected chi connectivity index (χ1v) is 8.47. The van der Waals surface area contributed by atoms with Crippen molar-refractivity contribution in [3.63, 3.8) is 0 Å². The van der Waals surface area contributed by atoms with Crippen molar-refractivity contribution in [3.8, 4) is 5.69 Å². The molecule has 1 atom stereocenters. The molecule has 1 aromatic carbocycles. The predicted octanol–water partition coefficient (Wildman–Crippen LogP) is 2.60. The topological polar surface area (TPSA) is 58.4 Å². The Hall–Kier alpha value is -2.18. The van der Waals surface area contributed by atoms with Gasteiger partial charge in [0.15, 0.2) is 0 Å². The number of hydrogen-bond acceptors (Lipinski definition) is 4. The fraction of sp³-hybridized carbons (Fsp3) is 0.294. The number of nitrogens with zero attached hydrogens (tertiary/aromatic N) is 3. The van der Waals surface area contributed by atoms with Gasteiger partial charge in [-0.15, -0.1) is 11.3 Å². The number of rotatable bonds is 2. The minimum Gasteiger partial charge on any atom is -0.391 e. The lowest BCUT2D eigenvalue weighted by Crippen LogP contribution is -2.28. The van der Waals surface area contributed by atoms with E-state index in [1.165, 1.54) is 11.3 Å². The molecule has 0 saturated carbocycles. The number of thiophene rings is 1. The van der Waals surface area contributed by atoms with Crippen LogP contribution >= 0.6 is 11.3 Å². The summed E-state index contributed by atoms with van der Waals surface area (Å²) in [5, 5.41) is 15.2. The molecule has 1 N–H and O–H groups in total. The molecule has 1 saturated heterocycles. The molecule has 0 radical (unpaired) electrons. The van der Waals surface area contributed by atoms with E-state index in [0.717, 1.165) is 21.6 Å². The van der Waals surface area contributed by atoms with Gasteiger partial charge in [0, 0.05) is 18.5 Å². The maximum atomic E-state index is 12.6. The van der Waals surface area contributed by atoms with E-state index in [4.69, 9.17) is 0 Å². The van der Waals surface area contributed by atoms with Crippen molar-refractivity contribution < 1.29 is 9.90 Å². The SMILES string of the molecule is Cc1nn(-c2ccccc2)c2sc(C(=O)N3CC[C@@H](O)C3)cc12. The molecule has 118 valence electrons. The van der Waals surface area contributed by atoms with Gasteiger partial charge in [0.1, 0.15) is 4.83 Å². The van der Waals surface area contributed by atoms with E-state index >= 15 is 0 Å². The molecule has 1 aliphatic heterocycles. The molecule has 23 heavy (non-hydrogen) atoms. The van der Waals surface area contributed by atoms with Gasteiger partial charge >= 0.3 is 0 Å². The van der Waals surface area contributed by atoms with Gasteiger partial charge in [0.2, 0.25) is 0 Å². The molecular formula is C17H17N3O2S. The Morgan fingerprint density at radius 3 is 2.83 bits per heavy atom. The normalized spacial score (nSPS) is 18.0. The number of fused-ring (bicyclic) bond motifs is 1. The highest BCUT2D eigenvalue weighted by atomic mass is 32.1. The van der Waals surface area contributed by atoms with E-state index in [0.29, 0.717) is 24.4 Å². The Labute approximate surface area is 137 Å². The molecule has 0 unspecified atom stereocenters. The third kappa shape index (κ3) is 2.44. The number of likely N-dealkylation sites (tertiary alicyclic amines) is 1. The summed E-state index contributed by atoms with van der Waals surface area (Å²) in [6.45, 7) is 3.01. The Kier molecular flexibility index (Phi) is 3.43. The van der Waals surface area contributed by atoms with Gasteiger partial charge in [-0.3, -0.25) is 4.79 Å². The van der Waals surface area contributed by atoms with Gasteiger partial charge in [0.25, 0.3) is 5.91 Å². The molecule has 3 heterocycles. The summed E-state index contributed by atoms with van der Waals surface area (Å²) in [4.78, 5) is 16.0. The molecule has 1 amide bonds. The lowest BCUT2D eigenvalue weighted by atomic mass is 10.3. The number of carbonyl (C=O) groups is 1. The fourth-order valence-corrected chi connectivity index (χ4v) is 4.13. The highest BCUT2D eigenvalue weighted by molar-refractivity contribution is 7.20. The Morgan fingerprint density at radius 1 is 1.35 bits per heavy atom. The molecule has 0 spiro atoms. The highest BCUT2D eigenvalue weighted by Crippen LogP contribution is 2.31. The quantitative estimate of drug-likeness (QED) is 0.787. The summed E-state index contributed by atoms with van der Waals surface area (Å²) in [5.74, 6) is 0.00163. The second-order valence-corrected chi connectivity index (χ2v) is 6.89. The number of hydrogen-bond donors (Lipinski definition) is 1. The lowest BCUT2D eigenvalue weighted by molar-refractivity contribution is 0.0770. The lowest BCUT2D eigenvalue weighted by Gasteiger charge is -2.13. The predicted molar refractivity (Wildman–Crippen MR) is 90.2 cm³/mol. The van der Waals surface area contributed by atoms with E-state index in [1.54, 1.807) is 4.90 Å². The summed E-state index contributed by atoms with van der Waals surface area (Å²) < 4.78 is 1.89. The number of aliphatic hydroxyl groups excluding tert-OH is 1. The van der Waals surface area contributed by atoms with Crippen LogP contribution in [0.5, 0.6) is 0 Å². The summed E-state index contributed by atoms with van der Waals surface area (Å²) in [6, 6.07) is 11.9. The van der Waals surface area contributed by atoms with Crippen LogP contribution in [0.4, 0.5) is 0 Å². The van der Waals surface area contributed by atoms with Crippen LogP contribution in [0.2, 0.25) is 0 Å². The maximum Gasteiger partial charge on any atom is 0.264 e. The molecule has 0 bridgehead atoms. The van der Waals surface area contributed by atoms with Crippen molar-refractivity contribution in [2.24, 2.45) is 0 Å². The average molecular weight is 327 g/mol. The van der Waals surface area contributed by atoms with E-state index in [9.17, 15) is 9.90 Å². The zero-order valence-electron chi connectivity index (χ0n) is 12.8. The van der Waals surface area contributed by atoms with Crippen molar-refractivity contribution in [2.75, 3.05) is 13.1 Å². The van der Waals surface area contributed by atoms with Crippen LogP contribution < -0.4 is 0 Å². The van der Waals surface area contributed by atoms with Crippen LogP contribution in [-0.4, -0.2) is 44.9 Å². The Morgan fingerprint density at radius 2 is 2.13 bits per heavy atom. The van der Waals surface area contributed by atoms with Gasteiger partial charge in [-0.25, -0.2) is 4.68 Å². The maximum absolute atomic E-state index is 12.6. The summed E-state index contributed by atoms with van der Waals surface area (Å²) in [5.41, 5.74) is 1.91. The number of benzene rings is 1. The van der Waals surface area contributed by atoms with E-state index < -0.39 is 6.10 Å². The smallest absolute Gasteiger partial charge is 0.264 e. The first-order chi connectivity index (χ1) is 11.1. The zero-order valence-corrected chi connectivity index (χ0v) is 13.6. The van der Waals surface area contributed by atoms with Crippen LogP contribution in [0.3, 0.4) is 0 Å². The summed E-state index contributed by atoms with van der Waals surface area (Å²) in [6.07, 6.45) is 0.267. The van der Waals surface area contributed by atoms with Gasteiger partial charge < -0.3 is 10.0 Å². The van der Waals surface area contributed by atoms with Crippen molar-refractivity contribution in [3.05, 3.63) is 47.0 Å². The number of aryl methyl sites for hydroxylation is 1.